The molecule has 0 radical (unpaired) electrons. The van der Waals surface area contributed by atoms with Crippen LogP contribution in [0.15, 0.2) is 24.3 Å². The minimum absolute atomic E-state index is 0.129. The summed E-state index contributed by atoms with van der Waals surface area (Å²) in [4.78, 5) is 21.2. The minimum Gasteiger partial charge on any atom is -0.395 e. The molecule has 1 aromatic carbocycles. The minimum atomic E-state index is 0.129. The molecule has 1 aromatic rings. The van der Waals surface area contributed by atoms with Gasteiger partial charge in [0.1, 0.15) is 0 Å². The number of amides is 1. The molecule has 0 saturated carbocycles. The Morgan fingerprint density at radius 2 is 1.80 bits per heavy atom. The van der Waals surface area contributed by atoms with Gasteiger partial charge in [0.25, 0.3) is 0 Å². The summed E-state index contributed by atoms with van der Waals surface area (Å²) in [7, 11) is 7.89. The van der Waals surface area contributed by atoms with Gasteiger partial charge in [-0.05, 0) is 65.3 Å². The van der Waals surface area contributed by atoms with Gasteiger partial charge in [-0.2, -0.15) is 0 Å². The molecule has 1 N–H and O–H groups in total. The number of carbonyl (C=O) groups is 1. The topological polar surface area (TPSA) is 50.3 Å². The number of hydrogen-bond donors (Lipinski definition) is 1. The van der Waals surface area contributed by atoms with Crippen LogP contribution >= 0.6 is 0 Å². The van der Waals surface area contributed by atoms with E-state index in [9.17, 15) is 9.90 Å². The predicted molar refractivity (Wildman–Crippen MR) is 120 cm³/mol. The van der Waals surface area contributed by atoms with Crippen LogP contribution < -0.4 is 0 Å². The highest BCUT2D eigenvalue weighted by atomic mass is 16.3. The first kappa shape index (κ1) is 22.8. The van der Waals surface area contributed by atoms with E-state index < -0.39 is 0 Å². The molecule has 2 saturated heterocycles. The van der Waals surface area contributed by atoms with Crippen LogP contribution in [0.5, 0.6) is 0 Å². The monoisotopic (exact) mass is 412 g/mol. The van der Waals surface area contributed by atoms with Gasteiger partial charge in [0.15, 0.2) is 0 Å². The maximum Gasteiger partial charge on any atom is 0.236 e. The van der Waals surface area contributed by atoms with E-state index in [1.165, 1.54) is 5.56 Å². The Morgan fingerprint density at radius 1 is 1.10 bits per heavy atom. The molecule has 6 nitrogen and oxygen atoms in total. The standard InChI is InChI=1S/C24H36N4O2/c1-25(2)13-7-8-19-9-11-20(12-10-19)24-21-16-27(23(30)17-26(3)4)14-5-6-15-28(21)22(24)18-29/h9-12,21-22,24,29H,5-6,13-18H2,1-4H3/t21-,22+,24-/m0/s1. The van der Waals surface area contributed by atoms with Crippen molar-refractivity contribution in [2.45, 2.75) is 30.8 Å². The van der Waals surface area contributed by atoms with Gasteiger partial charge >= 0.3 is 0 Å². The van der Waals surface area contributed by atoms with Gasteiger partial charge in [0, 0.05) is 36.7 Å². The predicted octanol–water partition coefficient (Wildman–Crippen LogP) is 0.912. The molecular formula is C24H36N4O2. The highest BCUT2D eigenvalue weighted by Gasteiger charge is 2.49. The Bertz CT molecular complexity index is 766. The number of fused-ring (bicyclic) bond motifs is 1. The van der Waals surface area contributed by atoms with Crippen molar-refractivity contribution in [3.05, 3.63) is 35.4 Å². The molecule has 0 unspecified atom stereocenters. The zero-order valence-corrected chi connectivity index (χ0v) is 18.8. The highest BCUT2D eigenvalue weighted by molar-refractivity contribution is 5.78. The van der Waals surface area contributed by atoms with E-state index in [-0.39, 0.29) is 30.5 Å². The van der Waals surface area contributed by atoms with E-state index in [0.29, 0.717) is 6.54 Å². The zero-order chi connectivity index (χ0) is 21.7. The number of carbonyl (C=O) groups excluding carboxylic acids is 1. The number of hydrogen-bond acceptors (Lipinski definition) is 5. The summed E-state index contributed by atoms with van der Waals surface area (Å²) < 4.78 is 0. The van der Waals surface area contributed by atoms with Crippen LogP contribution in [-0.4, -0.2) is 110 Å². The van der Waals surface area contributed by atoms with Gasteiger partial charge in [-0.15, -0.1) is 0 Å². The molecule has 30 heavy (non-hydrogen) atoms. The van der Waals surface area contributed by atoms with Crippen LogP contribution in [0.4, 0.5) is 0 Å². The van der Waals surface area contributed by atoms with Crippen LogP contribution in [0.25, 0.3) is 0 Å². The normalized spacial score (nSPS) is 24.5. The van der Waals surface area contributed by atoms with E-state index >= 15 is 0 Å². The van der Waals surface area contributed by atoms with Crippen molar-refractivity contribution >= 4 is 5.91 Å². The number of aliphatic hydroxyl groups is 1. The number of benzene rings is 1. The third kappa shape index (κ3) is 5.41. The molecule has 2 heterocycles. The van der Waals surface area contributed by atoms with Crippen molar-refractivity contribution in [3.8, 4) is 11.8 Å². The third-order valence-corrected chi connectivity index (χ3v) is 6.10. The van der Waals surface area contributed by atoms with E-state index in [2.05, 4.69) is 41.0 Å². The molecule has 2 fully saturated rings. The molecule has 0 spiro atoms. The first-order valence-corrected chi connectivity index (χ1v) is 10.9. The summed E-state index contributed by atoms with van der Waals surface area (Å²) in [6, 6.07) is 8.84. The average molecular weight is 413 g/mol. The Hall–Kier alpha value is -1.91. The van der Waals surface area contributed by atoms with Crippen molar-refractivity contribution in [3.63, 3.8) is 0 Å². The lowest BCUT2D eigenvalue weighted by atomic mass is 9.74. The lowest BCUT2D eigenvalue weighted by molar-refractivity contribution is -0.137. The molecule has 0 bridgehead atoms. The summed E-state index contributed by atoms with van der Waals surface area (Å²) in [6.45, 7) is 3.89. The summed E-state index contributed by atoms with van der Waals surface area (Å²) in [5.74, 6) is 6.82. The maximum atomic E-state index is 12.7. The number of rotatable bonds is 5. The lowest BCUT2D eigenvalue weighted by Gasteiger charge is -2.57. The van der Waals surface area contributed by atoms with Crippen molar-refractivity contribution in [2.75, 3.05) is 67.5 Å². The van der Waals surface area contributed by atoms with Crippen molar-refractivity contribution in [1.82, 2.24) is 19.6 Å². The Morgan fingerprint density at radius 3 is 2.43 bits per heavy atom. The summed E-state index contributed by atoms with van der Waals surface area (Å²) >= 11 is 0. The molecule has 0 aliphatic carbocycles. The number of aliphatic hydroxyl groups excluding tert-OH is 1. The molecule has 3 atom stereocenters. The summed E-state index contributed by atoms with van der Waals surface area (Å²) in [5.41, 5.74) is 2.24. The summed E-state index contributed by atoms with van der Waals surface area (Å²) in [5, 5.41) is 10.1. The second-order valence-corrected chi connectivity index (χ2v) is 9.03. The fourth-order valence-corrected chi connectivity index (χ4v) is 4.63. The first-order chi connectivity index (χ1) is 14.4. The van der Waals surface area contributed by atoms with Crippen LogP contribution in [0.2, 0.25) is 0 Å². The van der Waals surface area contributed by atoms with Crippen LogP contribution in [-0.2, 0) is 4.79 Å². The molecule has 2 aliphatic rings. The van der Waals surface area contributed by atoms with E-state index in [4.69, 9.17) is 0 Å². The number of likely N-dealkylation sites (N-methyl/N-ethyl adjacent to an activating group) is 1. The zero-order valence-electron chi connectivity index (χ0n) is 18.8. The fourth-order valence-electron chi connectivity index (χ4n) is 4.63. The van der Waals surface area contributed by atoms with Gasteiger partial charge in [0.2, 0.25) is 5.91 Å². The molecule has 3 rings (SSSR count). The van der Waals surface area contributed by atoms with E-state index in [1.807, 2.05) is 42.9 Å². The Labute approximate surface area is 181 Å². The van der Waals surface area contributed by atoms with Crippen LogP contribution in [0.1, 0.15) is 29.9 Å². The van der Waals surface area contributed by atoms with E-state index in [0.717, 1.165) is 44.6 Å². The number of nitrogens with zero attached hydrogens (tertiary/aromatic N) is 4. The second kappa shape index (κ2) is 10.4. The molecule has 2 aliphatic heterocycles. The highest BCUT2D eigenvalue weighted by Crippen LogP contribution is 2.41. The largest absolute Gasteiger partial charge is 0.395 e. The van der Waals surface area contributed by atoms with Crippen molar-refractivity contribution < 1.29 is 9.90 Å². The van der Waals surface area contributed by atoms with Gasteiger partial charge in [0.05, 0.1) is 19.7 Å². The maximum absolute atomic E-state index is 12.7. The van der Waals surface area contributed by atoms with Crippen molar-refractivity contribution in [1.29, 1.82) is 0 Å². The Balaban J connectivity index is 1.75. The fraction of sp³-hybridized carbons (Fsp3) is 0.625. The SMILES string of the molecule is CN(C)CC#Cc1ccc([C@@H]2[C@@H](CO)N3CCCCN(C(=O)CN(C)C)C[C@@H]23)cc1. The molecular weight excluding hydrogens is 376 g/mol. The smallest absolute Gasteiger partial charge is 0.236 e. The molecule has 164 valence electrons. The Kier molecular flexibility index (Phi) is 7.90. The van der Waals surface area contributed by atoms with Gasteiger partial charge in [-0.25, -0.2) is 0 Å². The van der Waals surface area contributed by atoms with Gasteiger partial charge < -0.3 is 14.9 Å². The first-order valence-electron chi connectivity index (χ1n) is 10.9. The second-order valence-electron chi connectivity index (χ2n) is 9.03. The van der Waals surface area contributed by atoms with Crippen LogP contribution in [0.3, 0.4) is 0 Å². The lowest BCUT2D eigenvalue weighted by Crippen LogP contribution is -2.68. The molecule has 0 aromatic heterocycles. The van der Waals surface area contributed by atoms with E-state index in [1.54, 1.807) is 0 Å². The van der Waals surface area contributed by atoms with Gasteiger partial charge in [-0.3, -0.25) is 14.6 Å². The quantitative estimate of drug-likeness (QED) is 0.729. The summed E-state index contributed by atoms with van der Waals surface area (Å²) in [6.07, 6.45) is 2.08. The van der Waals surface area contributed by atoms with Crippen LogP contribution in [0, 0.1) is 11.8 Å². The average Bonchev–Trinajstić information content (AvgIpc) is 2.67. The van der Waals surface area contributed by atoms with Gasteiger partial charge in [-0.1, -0.05) is 24.0 Å². The molecule has 6 heteroatoms. The van der Waals surface area contributed by atoms with Crippen molar-refractivity contribution in [2.24, 2.45) is 0 Å². The third-order valence-electron chi connectivity index (χ3n) is 6.10. The molecule has 1 amide bonds.